The molecule has 0 amide bonds. The fourth-order valence-electron chi connectivity index (χ4n) is 12.8. The minimum atomic E-state index is -4.96. The van der Waals surface area contributed by atoms with Gasteiger partial charge in [-0.1, -0.05) is 401 Å². The second-order valence-corrected chi connectivity index (χ2v) is 34.6. The largest absolute Gasteiger partial charge is 0.472 e. The Balaban J connectivity index is 4.57. The van der Waals surface area contributed by atoms with Crippen molar-refractivity contribution in [1.29, 1.82) is 0 Å². The van der Waals surface area contributed by atoms with E-state index in [0.717, 1.165) is 167 Å². The molecule has 0 aliphatic rings. The van der Waals surface area contributed by atoms with Gasteiger partial charge >= 0.3 is 33.6 Å². The molecule has 0 spiro atoms. The lowest BCUT2D eigenvalue weighted by atomic mass is 10.0. The first-order chi connectivity index (χ1) is 60.2. The van der Waals surface area contributed by atoms with Crippen molar-refractivity contribution in [2.24, 2.45) is 0 Å². The zero-order chi connectivity index (χ0) is 89.3. The number of ether oxygens (including phenoxy) is 3. The molecule has 0 aliphatic carbocycles. The molecule has 0 rings (SSSR count). The van der Waals surface area contributed by atoms with E-state index >= 15 is 0 Å². The van der Waals surface area contributed by atoms with Gasteiger partial charge in [0, 0.05) is 19.3 Å². The van der Waals surface area contributed by atoms with Gasteiger partial charge in [0.1, 0.15) is 25.4 Å². The number of hydrogen-bond donors (Lipinski definition) is 4. The molecule has 0 fully saturated rings. The number of esters is 3. The lowest BCUT2D eigenvalue weighted by Crippen LogP contribution is -2.30. The van der Waals surface area contributed by atoms with E-state index in [4.69, 9.17) is 32.3 Å². The van der Waals surface area contributed by atoms with Crippen molar-refractivity contribution in [3.63, 3.8) is 0 Å². The van der Waals surface area contributed by atoms with Gasteiger partial charge in [-0.2, -0.15) is 0 Å². The summed E-state index contributed by atoms with van der Waals surface area (Å²) in [7, 11) is -9.84. The van der Waals surface area contributed by atoms with E-state index in [2.05, 4.69) is 227 Å². The third-order valence-electron chi connectivity index (χ3n) is 20.0. The van der Waals surface area contributed by atoms with Gasteiger partial charge < -0.3 is 34.2 Å². The SMILES string of the molecule is CC/C=C\C/C=C\C/C=C\C/C=C\C/C=C\C/C=C\CCCCCCCCCCCCCCC(=O)OCC(COP(=O)(O)OCC(O)COP(=O)(O)OCC(O)COC(=O)CCCCCCCCCCCCCCCCCCCCC/C=C\C/C=C\C/C=C\C/C=C\C/C=C\CC)OC(=O)CCCC/C=C\C/C=C\C/C=C\C/C=C\C/C=C\C/C=C\CC. The zero-order valence-electron chi connectivity index (χ0n) is 77.3. The Morgan fingerprint density at radius 1 is 0.228 bits per heavy atom. The highest BCUT2D eigenvalue weighted by Crippen LogP contribution is 2.45. The number of aliphatic hydroxyl groups is 2. The van der Waals surface area contributed by atoms with Crippen LogP contribution in [0.3, 0.4) is 0 Å². The number of allylic oxidation sites excluding steroid dienone is 34. The molecule has 18 heteroatoms. The van der Waals surface area contributed by atoms with Crippen molar-refractivity contribution >= 4 is 33.6 Å². The van der Waals surface area contributed by atoms with Crippen molar-refractivity contribution in [3.05, 3.63) is 207 Å². The van der Waals surface area contributed by atoms with Crippen LogP contribution in [-0.2, 0) is 55.8 Å². The average molecular weight is 1750 g/mol. The Hall–Kier alpha value is -5.87. The lowest BCUT2D eigenvalue weighted by molar-refractivity contribution is -0.161. The molecule has 5 unspecified atom stereocenters. The Labute approximate surface area is 750 Å². The summed E-state index contributed by atoms with van der Waals surface area (Å²) >= 11 is 0. The standard InChI is InChI=1S/C105H174O16P2/c1-4-7-10-13-16-19-22-25-28-31-34-37-39-41-43-45-47-48-49-50-52-54-55-57-59-62-64-67-70-73-76-79-82-85-88-91-103(108)115-94-100(106)95-117-122(111,112)118-96-101(107)97-119-123(113,114)120-99-102(121-105(110)93-90-87-84-81-78-75-72-69-66-61-36-33-30-27-24-21-18-15-12-9-6-3)98-116-104(109)92-89-86-83-80-77-74-71-68-65-63-60-58-56-53-51-46-44-42-40-38-35-32-29-26-23-20-17-14-11-8-5-2/h7-12,16-21,25-30,34-38,41-44,51,53,61,69,72,78,81,100-102,106-107H,4-6,13-15,22-24,31-33,39-40,45-50,52,54-60,62-68,70-71,73-77,79-80,82-99H2,1-3H3,(H,111,112)(H,113,114)/b10-7-,11-8-,12-9-,19-16-,20-17-,21-18-,28-25-,29-26-,30-27-,37-34-,38-35-,43-41-,44-42-,53-51-,61-36-,72-69-,81-78-. The van der Waals surface area contributed by atoms with E-state index in [-0.39, 0.29) is 19.3 Å². The molecule has 0 heterocycles. The third kappa shape index (κ3) is 96.6. The number of phosphoric acid groups is 2. The maximum atomic E-state index is 13.1. The van der Waals surface area contributed by atoms with Gasteiger partial charge in [0.2, 0.25) is 0 Å². The molecule has 0 aliphatic heterocycles. The minimum Gasteiger partial charge on any atom is -0.463 e. The van der Waals surface area contributed by atoms with Crippen LogP contribution in [0.15, 0.2) is 207 Å². The molecule has 0 bridgehead atoms. The normalized spacial score (nSPS) is 14.6. The van der Waals surface area contributed by atoms with Crippen molar-refractivity contribution < 1.29 is 75.8 Å². The number of phosphoric ester groups is 2. The van der Waals surface area contributed by atoms with Gasteiger partial charge in [-0.15, -0.1) is 0 Å². The van der Waals surface area contributed by atoms with Crippen LogP contribution in [0.4, 0.5) is 0 Å². The second-order valence-electron chi connectivity index (χ2n) is 31.7. The van der Waals surface area contributed by atoms with E-state index in [1.165, 1.54) is 148 Å². The predicted molar refractivity (Wildman–Crippen MR) is 518 cm³/mol. The van der Waals surface area contributed by atoms with Crippen LogP contribution in [0.2, 0.25) is 0 Å². The number of unbranched alkanes of at least 4 members (excludes halogenated alkanes) is 33. The molecule has 0 radical (unpaired) electrons. The molecule has 16 nitrogen and oxygen atoms in total. The maximum absolute atomic E-state index is 13.1. The monoisotopic (exact) mass is 1750 g/mol. The predicted octanol–water partition coefficient (Wildman–Crippen LogP) is 30.3. The first-order valence-corrected chi connectivity index (χ1v) is 51.4. The van der Waals surface area contributed by atoms with Crippen molar-refractivity contribution in [2.75, 3.05) is 39.6 Å². The summed E-state index contributed by atoms with van der Waals surface area (Å²) < 4.78 is 61.5. The van der Waals surface area contributed by atoms with Gasteiger partial charge in [-0.25, -0.2) is 9.13 Å². The summed E-state index contributed by atoms with van der Waals surface area (Å²) in [5.74, 6) is -1.63. The fourth-order valence-corrected chi connectivity index (χ4v) is 14.4. The molecule has 4 N–H and O–H groups in total. The highest BCUT2D eigenvalue weighted by Gasteiger charge is 2.30. The van der Waals surface area contributed by atoms with Crippen LogP contribution in [0, 0.1) is 0 Å². The van der Waals surface area contributed by atoms with Crippen molar-refractivity contribution in [1.82, 2.24) is 0 Å². The smallest absolute Gasteiger partial charge is 0.463 e. The molecule has 123 heavy (non-hydrogen) atoms. The third-order valence-corrected chi connectivity index (χ3v) is 21.9. The van der Waals surface area contributed by atoms with Crippen molar-refractivity contribution in [3.8, 4) is 0 Å². The Kier molecular flexibility index (Phi) is 90.7. The molecule has 5 atom stereocenters. The zero-order valence-corrected chi connectivity index (χ0v) is 79.1. The lowest BCUT2D eigenvalue weighted by Gasteiger charge is -2.21. The molecule has 700 valence electrons. The van der Waals surface area contributed by atoms with Gasteiger partial charge in [0.15, 0.2) is 6.10 Å². The van der Waals surface area contributed by atoms with E-state index < -0.39 is 91.5 Å². The van der Waals surface area contributed by atoms with Crippen LogP contribution in [0.5, 0.6) is 0 Å². The number of hydrogen-bond acceptors (Lipinski definition) is 14. The Morgan fingerprint density at radius 2 is 0.407 bits per heavy atom. The molecular weight excluding hydrogens is 1580 g/mol. The molecule has 0 aromatic carbocycles. The van der Waals surface area contributed by atoms with Gasteiger partial charge in [-0.05, 0) is 167 Å². The summed E-state index contributed by atoms with van der Waals surface area (Å²) in [6.45, 7) is 2.32. The molecule has 0 saturated heterocycles. The van der Waals surface area contributed by atoms with Crippen LogP contribution in [0.1, 0.15) is 380 Å². The first kappa shape index (κ1) is 117. The maximum Gasteiger partial charge on any atom is 0.472 e. The quantitative estimate of drug-likeness (QED) is 0.0146. The summed E-state index contributed by atoms with van der Waals surface area (Å²) in [5.41, 5.74) is 0. The highest BCUT2D eigenvalue weighted by molar-refractivity contribution is 7.47. The Morgan fingerprint density at radius 3 is 0.659 bits per heavy atom. The van der Waals surface area contributed by atoms with E-state index in [0.29, 0.717) is 25.7 Å². The average Bonchev–Trinajstić information content (AvgIpc) is 0.892. The van der Waals surface area contributed by atoms with E-state index in [9.17, 15) is 43.5 Å². The summed E-state index contributed by atoms with van der Waals surface area (Å²) in [4.78, 5) is 59.1. The number of rotatable bonds is 90. The van der Waals surface area contributed by atoms with Crippen molar-refractivity contribution in [2.45, 2.75) is 399 Å². The van der Waals surface area contributed by atoms with Crippen LogP contribution < -0.4 is 0 Å². The van der Waals surface area contributed by atoms with Gasteiger partial charge in [0.25, 0.3) is 0 Å². The van der Waals surface area contributed by atoms with Crippen LogP contribution in [0.25, 0.3) is 0 Å². The second kappa shape index (κ2) is 95.2. The Bertz CT molecular complexity index is 3070. The number of carbonyl (C=O) groups excluding carboxylic acids is 3. The van der Waals surface area contributed by atoms with Gasteiger partial charge in [0.05, 0.1) is 26.4 Å². The van der Waals surface area contributed by atoms with Gasteiger partial charge in [-0.3, -0.25) is 32.5 Å². The van der Waals surface area contributed by atoms with Crippen LogP contribution >= 0.6 is 15.6 Å². The first-order valence-electron chi connectivity index (χ1n) is 48.4. The van der Waals surface area contributed by atoms with E-state index in [1.54, 1.807) is 0 Å². The summed E-state index contributed by atoms with van der Waals surface area (Å²) in [6.07, 6.45) is 129. The highest BCUT2D eigenvalue weighted by atomic mass is 31.2. The topological polar surface area (TPSA) is 231 Å². The number of aliphatic hydroxyl groups excluding tert-OH is 2. The summed E-state index contributed by atoms with van der Waals surface area (Å²) in [5, 5.41) is 20.8. The van der Waals surface area contributed by atoms with Crippen LogP contribution in [-0.4, -0.2) is 95.9 Å². The fraction of sp³-hybridized carbons (Fsp3) is 0.648. The van der Waals surface area contributed by atoms with E-state index in [1.807, 2.05) is 0 Å². The summed E-state index contributed by atoms with van der Waals surface area (Å²) in [6, 6.07) is 0. The molecule has 0 aromatic heterocycles. The molecule has 0 aromatic rings. The minimum absolute atomic E-state index is 0.0429. The molecule has 0 saturated carbocycles. The number of carbonyl (C=O) groups is 3. The molecular formula is C105H174O16P2.